The largest absolute Gasteiger partial charge is 0.444 e. The van der Waals surface area contributed by atoms with Gasteiger partial charge in [0, 0.05) is 24.8 Å². The van der Waals surface area contributed by atoms with Crippen LogP contribution in [0.3, 0.4) is 0 Å². The van der Waals surface area contributed by atoms with Gasteiger partial charge in [-0.15, -0.1) is 0 Å². The zero-order valence-electron chi connectivity index (χ0n) is 22.1. The number of hydrogen-bond acceptors (Lipinski definition) is 5. The highest BCUT2D eigenvalue weighted by atomic mass is 19.1. The summed E-state index contributed by atoms with van der Waals surface area (Å²) in [5, 5.41) is 17.3. The predicted octanol–water partition coefficient (Wildman–Crippen LogP) is 5.07. The molecule has 2 aromatic carbocycles. The van der Waals surface area contributed by atoms with Crippen molar-refractivity contribution in [3.05, 3.63) is 70.8 Å². The lowest BCUT2D eigenvalue weighted by atomic mass is 9.90. The van der Waals surface area contributed by atoms with Gasteiger partial charge in [-0.05, 0) is 88.6 Å². The molecule has 3 N–H and O–H groups in total. The number of ether oxygens (including phenoxy) is 2. The van der Waals surface area contributed by atoms with E-state index in [4.69, 9.17) is 9.47 Å². The minimum absolute atomic E-state index is 0.0367. The van der Waals surface area contributed by atoms with E-state index < -0.39 is 35.5 Å². The zero-order valence-corrected chi connectivity index (χ0v) is 22.1. The Morgan fingerprint density at radius 3 is 2.38 bits per heavy atom. The fourth-order valence-corrected chi connectivity index (χ4v) is 5.01. The molecule has 1 saturated carbocycles. The first-order chi connectivity index (χ1) is 17.4. The van der Waals surface area contributed by atoms with Crippen molar-refractivity contribution in [2.24, 2.45) is 0 Å². The SMILES string of the molecule is CC(C)(C)OC(=O)NC(Cc1cc(F)cc(F)c1)C(O)CNC1(c2cccc(C3(C)CCCO3)c2)CC1. The van der Waals surface area contributed by atoms with Crippen molar-refractivity contribution in [3.8, 4) is 0 Å². The molecule has 1 aliphatic heterocycles. The Kier molecular flexibility index (Phi) is 7.93. The number of rotatable bonds is 9. The molecule has 1 aliphatic carbocycles. The number of benzene rings is 2. The van der Waals surface area contributed by atoms with Gasteiger partial charge in [-0.2, -0.15) is 0 Å². The van der Waals surface area contributed by atoms with Crippen molar-refractivity contribution in [1.29, 1.82) is 0 Å². The molecule has 3 atom stereocenters. The molecule has 2 fully saturated rings. The summed E-state index contributed by atoms with van der Waals surface area (Å²) in [5.41, 5.74) is 1.33. The van der Waals surface area contributed by atoms with E-state index in [1.54, 1.807) is 20.8 Å². The fourth-order valence-electron chi connectivity index (χ4n) is 5.01. The van der Waals surface area contributed by atoms with E-state index in [9.17, 15) is 18.7 Å². The van der Waals surface area contributed by atoms with E-state index in [0.717, 1.165) is 49.5 Å². The highest BCUT2D eigenvalue weighted by Crippen LogP contribution is 2.47. The molecule has 1 saturated heterocycles. The van der Waals surface area contributed by atoms with Gasteiger partial charge in [-0.25, -0.2) is 13.6 Å². The summed E-state index contributed by atoms with van der Waals surface area (Å²) >= 11 is 0. The normalized spacial score (nSPS) is 22.4. The molecule has 0 bridgehead atoms. The molecule has 2 aliphatic rings. The van der Waals surface area contributed by atoms with Gasteiger partial charge < -0.3 is 25.2 Å². The van der Waals surface area contributed by atoms with E-state index in [2.05, 4.69) is 35.8 Å². The minimum atomic E-state index is -1.03. The lowest BCUT2D eigenvalue weighted by Crippen LogP contribution is -2.51. The van der Waals surface area contributed by atoms with Crippen LogP contribution in [0.4, 0.5) is 13.6 Å². The number of aliphatic hydroxyl groups is 1. The average molecular weight is 517 g/mol. The highest BCUT2D eigenvalue weighted by molar-refractivity contribution is 5.68. The molecule has 3 unspecified atom stereocenters. The van der Waals surface area contributed by atoms with Crippen LogP contribution in [0.1, 0.15) is 70.1 Å². The van der Waals surface area contributed by atoms with Crippen LogP contribution in [0.5, 0.6) is 0 Å². The number of carbonyl (C=O) groups is 1. The van der Waals surface area contributed by atoms with Gasteiger partial charge in [0.1, 0.15) is 17.2 Å². The molecular formula is C29H38F2N2O4. The second kappa shape index (κ2) is 10.7. The zero-order chi connectivity index (χ0) is 26.8. The Bertz CT molecular complexity index is 1090. The summed E-state index contributed by atoms with van der Waals surface area (Å²) < 4.78 is 39.0. The second-order valence-corrected chi connectivity index (χ2v) is 11.5. The van der Waals surface area contributed by atoms with Crippen LogP contribution in [0.25, 0.3) is 0 Å². The first-order valence-corrected chi connectivity index (χ1v) is 13.0. The van der Waals surface area contributed by atoms with Gasteiger partial charge in [0.05, 0.1) is 17.7 Å². The molecule has 8 heteroatoms. The van der Waals surface area contributed by atoms with Gasteiger partial charge in [-0.1, -0.05) is 24.3 Å². The second-order valence-electron chi connectivity index (χ2n) is 11.5. The van der Waals surface area contributed by atoms with Crippen molar-refractivity contribution in [1.82, 2.24) is 10.6 Å². The molecule has 2 aromatic rings. The van der Waals surface area contributed by atoms with Gasteiger partial charge in [0.25, 0.3) is 0 Å². The monoisotopic (exact) mass is 516 g/mol. The maximum absolute atomic E-state index is 13.8. The van der Waals surface area contributed by atoms with E-state index in [0.29, 0.717) is 5.56 Å². The van der Waals surface area contributed by atoms with Crippen LogP contribution < -0.4 is 10.6 Å². The molecule has 6 nitrogen and oxygen atoms in total. The molecule has 202 valence electrons. The molecule has 0 spiro atoms. The highest BCUT2D eigenvalue weighted by Gasteiger charge is 2.45. The van der Waals surface area contributed by atoms with Crippen molar-refractivity contribution < 1.29 is 28.2 Å². The van der Waals surface area contributed by atoms with Gasteiger partial charge in [0.2, 0.25) is 0 Å². The lowest BCUT2D eigenvalue weighted by molar-refractivity contribution is 0.0167. The van der Waals surface area contributed by atoms with Crippen molar-refractivity contribution >= 4 is 6.09 Å². The number of halogens is 2. The third-order valence-electron chi connectivity index (χ3n) is 7.19. The van der Waals surface area contributed by atoms with Crippen LogP contribution in [0.2, 0.25) is 0 Å². The molecule has 37 heavy (non-hydrogen) atoms. The molecule has 1 amide bonds. The molecule has 1 heterocycles. The first-order valence-electron chi connectivity index (χ1n) is 13.0. The minimum Gasteiger partial charge on any atom is -0.444 e. The Labute approximate surface area is 217 Å². The third-order valence-corrected chi connectivity index (χ3v) is 7.19. The summed E-state index contributed by atoms with van der Waals surface area (Å²) in [7, 11) is 0. The molecule has 4 rings (SSSR count). The van der Waals surface area contributed by atoms with E-state index in [1.165, 1.54) is 12.1 Å². The molecule has 0 aromatic heterocycles. The Morgan fingerprint density at radius 2 is 1.78 bits per heavy atom. The smallest absolute Gasteiger partial charge is 0.407 e. The van der Waals surface area contributed by atoms with Gasteiger partial charge >= 0.3 is 6.09 Å². The standard InChI is InChI=1S/C29H38F2N2O4/c1-27(2,3)37-26(35)33-24(15-19-13-22(30)17-23(31)14-19)25(34)18-32-29(10-11-29)21-8-5-7-20(16-21)28(4)9-6-12-36-28/h5,7-8,13-14,16-17,24-25,32,34H,6,9-12,15,18H2,1-4H3,(H,33,35). The summed E-state index contributed by atoms with van der Waals surface area (Å²) in [5.74, 6) is -1.43. The Morgan fingerprint density at radius 1 is 1.11 bits per heavy atom. The van der Waals surface area contributed by atoms with Crippen LogP contribution in [-0.4, -0.2) is 42.1 Å². The lowest BCUT2D eigenvalue weighted by Gasteiger charge is -2.29. The topological polar surface area (TPSA) is 79.8 Å². The summed E-state index contributed by atoms with van der Waals surface area (Å²) in [6, 6.07) is 10.8. The number of nitrogens with one attached hydrogen (secondary N) is 2. The number of carbonyl (C=O) groups excluding carboxylic acids is 1. The maximum atomic E-state index is 13.8. The van der Waals surface area contributed by atoms with Crippen LogP contribution in [0, 0.1) is 11.6 Å². The average Bonchev–Trinajstić information content (AvgIpc) is 3.47. The molecular weight excluding hydrogens is 478 g/mol. The Balaban J connectivity index is 1.47. The van der Waals surface area contributed by atoms with E-state index in [-0.39, 0.29) is 24.1 Å². The maximum Gasteiger partial charge on any atom is 0.407 e. The Hall–Kier alpha value is -2.55. The first kappa shape index (κ1) is 27.5. The van der Waals surface area contributed by atoms with Gasteiger partial charge in [0.15, 0.2) is 0 Å². The van der Waals surface area contributed by atoms with Crippen molar-refractivity contribution in [2.45, 2.75) is 88.7 Å². The van der Waals surface area contributed by atoms with Crippen LogP contribution in [-0.2, 0) is 27.0 Å². The number of hydrogen-bond donors (Lipinski definition) is 3. The number of alkyl carbamates (subject to hydrolysis) is 1. The quantitative estimate of drug-likeness (QED) is 0.434. The summed E-state index contributed by atoms with van der Waals surface area (Å²) in [6.07, 6.45) is 2.16. The number of amides is 1. The predicted molar refractivity (Wildman–Crippen MR) is 137 cm³/mol. The van der Waals surface area contributed by atoms with Crippen LogP contribution in [0.15, 0.2) is 42.5 Å². The van der Waals surface area contributed by atoms with E-state index >= 15 is 0 Å². The fraction of sp³-hybridized carbons (Fsp3) is 0.552. The molecule has 0 radical (unpaired) electrons. The number of aliphatic hydroxyl groups excluding tert-OH is 1. The van der Waals surface area contributed by atoms with Crippen molar-refractivity contribution in [2.75, 3.05) is 13.2 Å². The van der Waals surface area contributed by atoms with Crippen LogP contribution >= 0.6 is 0 Å². The summed E-state index contributed by atoms with van der Waals surface area (Å²) in [4.78, 5) is 12.5. The van der Waals surface area contributed by atoms with Gasteiger partial charge in [-0.3, -0.25) is 0 Å². The van der Waals surface area contributed by atoms with Crippen molar-refractivity contribution in [3.63, 3.8) is 0 Å². The van der Waals surface area contributed by atoms with E-state index in [1.807, 2.05) is 6.07 Å². The summed E-state index contributed by atoms with van der Waals surface area (Å²) in [6.45, 7) is 8.28. The third kappa shape index (κ3) is 7.06.